The van der Waals surface area contributed by atoms with Crippen LogP contribution in [0.2, 0.25) is 0 Å². The average molecular weight is 377 g/mol. The third-order valence-corrected chi connectivity index (χ3v) is 6.23. The molecule has 3 aliphatic rings. The summed E-state index contributed by atoms with van der Waals surface area (Å²) in [5.41, 5.74) is 4.13. The first-order valence-electron chi connectivity index (χ1n) is 10.4. The summed E-state index contributed by atoms with van der Waals surface area (Å²) in [6.45, 7) is 5.10. The summed E-state index contributed by atoms with van der Waals surface area (Å²) in [6, 6.07) is 16.2. The number of benzene rings is 2. The van der Waals surface area contributed by atoms with Crippen LogP contribution in [-0.4, -0.2) is 36.2 Å². The first-order valence-corrected chi connectivity index (χ1v) is 10.4. The summed E-state index contributed by atoms with van der Waals surface area (Å²) in [4.78, 5) is 26.7. The lowest BCUT2D eigenvalue weighted by Gasteiger charge is -2.43. The van der Waals surface area contributed by atoms with Crippen LogP contribution in [0.1, 0.15) is 31.7 Å². The van der Waals surface area contributed by atoms with Gasteiger partial charge in [-0.2, -0.15) is 0 Å². The molecule has 5 rings (SSSR count). The maximum atomic E-state index is 12.7. The smallest absolute Gasteiger partial charge is 0.229 e. The zero-order valence-electron chi connectivity index (χ0n) is 16.5. The van der Waals surface area contributed by atoms with Gasteiger partial charge in [0, 0.05) is 25.1 Å². The molecule has 3 aliphatic heterocycles. The van der Waals surface area contributed by atoms with Crippen molar-refractivity contribution in [3.05, 3.63) is 54.1 Å². The Balaban J connectivity index is 1.38. The molecule has 146 valence electrons. The van der Waals surface area contributed by atoms with E-state index in [1.54, 1.807) is 0 Å². The number of ketones is 1. The van der Waals surface area contributed by atoms with E-state index in [9.17, 15) is 9.59 Å². The number of carbonyl (C=O) groups is 2. The zero-order valence-corrected chi connectivity index (χ0v) is 16.5. The van der Waals surface area contributed by atoms with E-state index in [-0.39, 0.29) is 17.6 Å². The predicted octanol–water partition coefficient (Wildman–Crippen LogP) is 4.16. The van der Waals surface area contributed by atoms with Gasteiger partial charge in [-0.25, -0.2) is 0 Å². The molecule has 28 heavy (non-hydrogen) atoms. The van der Waals surface area contributed by atoms with Crippen molar-refractivity contribution >= 4 is 17.4 Å². The molecule has 1 atom stereocenters. The molecular formula is C24H28N2O2. The molecule has 1 N–H and O–H groups in total. The number of carbonyl (C=O) groups excluding carboxylic acids is 2. The normalized spacial score (nSPS) is 23.4. The largest absolute Gasteiger partial charge is 0.326 e. The van der Waals surface area contributed by atoms with Gasteiger partial charge < -0.3 is 10.2 Å². The molecule has 3 fully saturated rings. The van der Waals surface area contributed by atoms with Gasteiger partial charge in [-0.1, -0.05) is 43.3 Å². The lowest BCUT2D eigenvalue weighted by Crippen LogP contribution is -2.51. The number of Topliss-reactive ketones (excluding diaryl/α,β-unsaturated/α-hetero) is 1. The quantitative estimate of drug-likeness (QED) is 0.824. The van der Waals surface area contributed by atoms with Crippen LogP contribution in [0, 0.1) is 11.8 Å². The van der Waals surface area contributed by atoms with Crippen LogP contribution < -0.4 is 5.32 Å². The van der Waals surface area contributed by atoms with Gasteiger partial charge in [-0.3, -0.25) is 9.59 Å². The van der Waals surface area contributed by atoms with Crippen LogP contribution in [0.5, 0.6) is 0 Å². The Morgan fingerprint density at radius 1 is 0.964 bits per heavy atom. The number of fused-ring (bicyclic) bond motifs is 3. The molecule has 2 aromatic carbocycles. The van der Waals surface area contributed by atoms with Crippen LogP contribution in [0.15, 0.2) is 48.5 Å². The minimum Gasteiger partial charge on any atom is -0.326 e. The van der Waals surface area contributed by atoms with Gasteiger partial charge in [0.25, 0.3) is 0 Å². The molecular weight excluding hydrogens is 348 g/mol. The van der Waals surface area contributed by atoms with Gasteiger partial charge in [-0.15, -0.1) is 0 Å². The van der Waals surface area contributed by atoms with E-state index in [0.29, 0.717) is 18.8 Å². The van der Waals surface area contributed by atoms with E-state index < -0.39 is 0 Å². The van der Waals surface area contributed by atoms with Crippen molar-refractivity contribution in [2.75, 3.05) is 25.0 Å². The molecule has 2 aromatic rings. The minimum absolute atomic E-state index is 0.126. The van der Waals surface area contributed by atoms with E-state index in [4.69, 9.17) is 0 Å². The van der Waals surface area contributed by atoms with Crippen molar-refractivity contribution in [1.29, 1.82) is 0 Å². The summed E-state index contributed by atoms with van der Waals surface area (Å²) in [7, 11) is 0. The van der Waals surface area contributed by atoms with Crippen molar-refractivity contribution < 1.29 is 9.59 Å². The van der Waals surface area contributed by atoms with E-state index >= 15 is 0 Å². The Kier molecular flexibility index (Phi) is 5.58. The summed E-state index contributed by atoms with van der Waals surface area (Å²) in [5, 5.41) is 3.11. The summed E-state index contributed by atoms with van der Waals surface area (Å²) in [6.07, 6.45) is 3.38. The summed E-state index contributed by atoms with van der Waals surface area (Å²) < 4.78 is 0. The third kappa shape index (κ3) is 4.17. The second kappa shape index (κ2) is 8.27. The molecule has 0 aromatic heterocycles. The Hall–Kier alpha value is -2.46. The number of amides is 1. The zero-order chi connectivity index (χ0) is 19.5. The molecule has 0 unspecified atom stereocenters. The predicted molar refractivity (Wildman–Crippen MR) is 112 cm³/mol. The SMILES string of the molecule is CCC(=O)Cc1ccc(-c2ccc(NC(=O)[C@H]3CN4CCC3CC4)cc2)cc1. The highest BCUT2D eigenvalue weighted by atomic mass is 16.2. The van der Waals surface area contributed by atoms with Gasteiger partial charge >= 0.3 is 0 Å². The molecule has 4 heteroatoms. The van der Waals surface area contributed by atoms with E-state index in [2.05, 4.69) is 22.3 Å². The number of piperidine rings is 3. The Bertz CT molecular complexity index is 834. The van der Waals surface area contributed by atoms with Gasteiger partial charge in [0.15, 0.2) is 0 Å². The van der Waals surface area contributed by atoms with E-state index in [1.807, 2.05) is 43.3 Å². The first-order chi connectivity index (χ1) is 13.6. The average Bonchev–Trinajstić information content (AvgIpc) is 2.75. The monoisotopic (exact) mass is 376 g/mol. The van der Waals surface area contributed by atoms with E-state index in [1.165, 1.54) is 0 Å². The van der Waals surface area contributed by atoms with Crippen LogP contribution in [0.3, 0.4) is 0 Å². The molecule has 0 saturated carbocycles. The van der Waals surface area contributed by atoms with Crippen molar-refractivity contribution in [1.82, 2.24) is 4.90 Å². The molecule has 0 radical (unpaired) electrons. The number of nitrogens with one attached hydrogen (secondary N) is 1. The first kappa shape index (κ1) is 18.9. The number of nitrogens with zero attached hydrogens (tertiary/aromatic N) is 1. The lowest BCUT2D eigenvalue weighted by molar-refractivity contribution is -0.125. The highest BCUT2D eigenvalue weighted by molar-refractivity contribution is 5.93. The van der Waals surface area contributed by atoms with Gasteiger partial charge in [0.05, 0.1) is 5.92 Å². The molecule has 3 saturated heterocycles. The molecule has 0 spiro atoms. The number of rotatable bonds is 6. The molecule has 1 amide bonds. The van der Waals surface area contributed by atoms with Gasteiger partial charge in [-0.05, 0) is 60.7 Å². The summed E-state index contributed by atoms with van der Waals surface area (Å²) >= 11 is 0. The molecule has 3 heterocycles. The third-order valence-electron chi connectivity index (χ3n) is 6.23. The minimum atomic E-state index is 0.126. The molecule has 0 aliphatic carbocycles. The van der Waals surface area contributed by atoms with Gasteiger partial charge in [0.1, 0.15) is 5.78 Å². The van der Waals surface area contributed by atoms with Crippen LogP contribution in [0.4, 0.5) is 5.69 Å². The van der Waals surface area contributed by atoms with Crippen molar-refractivity contribution in [2.45, 2.75) is 32.6 Å². The van der Waals surface area contributed by atoms with Gasteiger partial charge in [0.2, 0.25) is 5.91 Å². The summed E-state index contributed by atoms with van der Waals surface area (Å²) in [5.74, 6) is 1.09. The van der Waals surface area contributed by atoms with Crippen LogP contribution in [0.25, 0.3) is 11.1 Å². The van der Waals surface area contributed by atoms with Crippen molar-refractivity contribution in [2.24, 2.45) is 11.8 Å². The Morgan fingerprint density at radius 3 is 2.11 bits per heavy atom. The second-order valence-electron chi connectivity index (χ2n) is 8.08. The van der Waals surface area contributed by atoms with Crippen molar-refractivity contribution in [3.63, 3.8) is 0 Å². The maximum absolute atomic E-state index is 12.7. The fourth-order valence-corrected chi connectivity index (χ4v) is 4.41. The fraction of sp³-hybridized carbons (Fsp3) is 0.417. The number of hydrogen-bond donors (Lipinski definition) is 1. The van der Waals surface area contributed by atoms with Crippen molar-refractivity contribution in [3.8, 4) is 11.1 Å². The number of hydrogen-bond acceptors (Lipinski definition) is 3. The number of anilines is 1. The molecule has 4 nitrogen and oxygen atoms in total. The topological polar surface area (TPSA) is 49.4 Å². The second-order valence-corrected chi connectivity index (χ2v) is 8.08. The highest BCUT2D eigenvalue weighted by Gasteiger charge is 2.38. The lowest BCUT2D eigenvalue weighted by atomic mass is 9.78. The van der Waals surface area contributed by atoms with E-state index in [0.717, 1.165) is 54.9 Å². The highest BCUT2D eigenvalue weighted by Crippen LogP contribution is 2.33. The van der Waals surface area contributed by atoms with Crippen LogP contribution in [-0.2, 0) is 16.0 Å². The fourth-order valence-electron chi connectivity index (χ4n) is 4.41. The molecule has 2 bridgehead atoms. The standard InChI is InChI=1S/C24H28N2O2/c1-2-22(27)15-17-3-5-18(6-4-17)19-7-9-21(10-8-19)25-24(28)23-16-26-13-11-20(23)12-14-26/h3-10,20,23H,2,11-16H2,1H3,(H,25,28)/t23-/m0/s1. The Labute approximate surface area is 166 Å². The maximum Gasteiger partial charge on any atom is 0.229 e. The van der Waals surface area contributed by atoms with Crippen LogP contribution >= 0.6 is 0 Å². The Morgan fingerprint density at radius 2 is 1.57 bits per heavy atom.